The molecule has 0 radical (unpaired) electrons. The van der Waals surface area contributed by atoms with Gasteiger partial charge in [0, 0.05) is 5.69 Å². The first-order valence-corrected chi connectivity index (χ1v) is 9.95. The summed E-state index contributed by atoms with van der Waals surface area (Å²) in [6, 6.07) is 15.0. The second-order valence-electron chi connectivity index (χ2n) is 6.46. The maximum atomic E-state index is 13.4. The molecule has 0 N–H and O–H groups in total. The third kappa shape index (κ3) is 4.49. The second-order valence-corrected chi connectivity index (χ2v) is 7.65. The van der Waals surface area contributed by atoms with Crippen molar-refractivity contribution < 1.29 is 18.7 Å². The molecule has 1 aliphatic rings. The van der Waals surface area contributed by atoms with E-state index >= 15 is 0 Å². The quantitative estimate of drug-likeness (QED) is 0.421. The van der Waals surface area contributed by atoms with E-state index in [0.29, 0.717) is 12.1 Å². The molecule has 1 amide bonds. The Hall–Kier alpha value is -3.11. The SMILES string of the molecule is CCOC(=O)C(C#N)=C1SC(Cc2cccc(C)c2)C(=O)N1c1ccc(F)cc1. The van der Waals surface area contributed by atoms with Crippen molar-refractivity contribution in [2.45, 2.75) is 25.5 Å². The third-order valence-corrected chi connectivity index (χ3v) is 5.61. The van der Waals surface area contributed by atoms with E-state index in [9.17, 15) is 19.2 Å². The van der Waals surface area contributed by atoms with Gasteiger partial charge in [-0.1, -0.05) is 41.6 Å². The highest BCUT2D eigenvalue weighted by Gasteiger charge is 2.41. The van der Waals surface area contributed by atoms with Crippen LogP contribution in [0.25, 0.3) is 0 Å². The summed E-state index contributed by atoms with van der Waals surface area (Å²) in [5.74, 6) is -1.50. The van der Waals surface area contributed by atoms with Crippen LogP contribution in [0.2, 0.25) is 0 Å². The fourth-order valence-corrected chi connectivity index (χ4v) is 4.35. The normalized spacial score (nSPS) is 17.8. The lowest BCUT2D eigenvalue weighted by Gasteiger charge is -2.18. The Bertz CT molecular complexity index is 1010. The summed E-state index contributed by atoms with van der Waals surface area (Å²) in [6.45, 7) is 3.72. The molecule has 3 rings (SSSR count). The standard InChI is InChI=1S/C22H19FN2O3S/c1-3-28-22(27)18(13-24)21-25(17-9-7-16(23)8-10-17)20(26)19(29-21)12-15-6-4-5-14(2)11-15/h4-11,19H,3,12H2,1-2H3. The molecule has 0 aliphatic carbocycles. The molecule has 148 valence electrons. The maximum Gasteiger partial charge on any atom is 0.351 e. The molecule has 29 heavy (non-hydrogen) atoms. The Balaban J connectivity index is 2.03. The van der Waals surface area contributed by atoms with Crippen LogP contribution in [0.5, 0.6) is 0 Å². The molecule has 1 unspecified atom stereocenters. The van der Waals surface area contributed by atoms with Gasteiger partial charge in [0.15, 0.2) is 5.57 Å². The van der Waals surface area contributed by atoms with Crippen molar-refractivity contribution in [1.82, 2.24) is 0 Å². The number of carbonyl (C=O) groups is 2. The predicted octanol–water partition coefficient (Wildman–Crippen LogP) is 4.12. The third-order valence-electron chi connectivity index (χ3n) is 4.35. The van der Waals surface area contributed by atoms with Gasteiger partial charge in [-0.15, -0.1) is 0 Å². The predicted molar refractivity (Wildman–Crippen MR) is 109 cm³/mol. The van der Waals surface area contributed by atoms with Crippen LogP contribution < -0.4 is 4.90 Å². The number of hydrogen-bond acceptors (Lipinski definition) is 5. The minimum atomic E-state index is -0.784. The van der Waals surface area contributed by atoms with Gasteiger partial charge in [-0.3, -0.25) is 9.69 Å². The van der Waals surface area contributed by atoms with Crippen LogP contribution in [0.3, 0.4) is 0 Å². The van der Waals surface area contributed by atoms with E-state index in [4.69, 9.17) is 4.74 Å². The number of nitriles is 1. The average molecular weight is 410 g/mol. The molecule has 1 saturated heterocycles. The fourth-order valence-electron chi connectivity index (χ4n) is 3.05. The van der Waals surface area contributed by atoms with Gasteiger partial charge >= 0.3 is 5.97 Å². The number of thioether (sulfide) groups is 1. The van der Waals surface area contributed by atoms with Crippen LogP contribution in [0.4, 0.5) is 10.1 Å². The van der Waals surface area contributed by atoms with Crippen molar-refractivity contribution in [2.24, 2.45) is 0 Å². The summed E-state index contributed by atoms with van der Waals surface area (Å²) in [7, 11) is 0. The van der Waals surface area contributed by atoms with Crippen LogP contribution in [0.1, 0.15) is 18.1 Å². The molecule has 0 bridgehead atoms. The summed E-state index contributed by atoms with van der Waals surface area (Å²) < 4.78 is 18.4. The Labute approximate surface area is 172 Å². The maximum absolute atomic E-state index is 13.4. The van der Waals surface area contributed by atoms with Gasteiger partial charge in [0.2, 0.25) is 5.91 Å². The van der Waals surface area contributed by atoms with Gasteiger partial charge in [0.25, 0.3) is 0 Å². The zero-order valence-electron chi connectivity index (χ0n) is 16.0. The zero-order valence-corrected chi connectivity index (χ0v) is 16.8. The molecule has 2 aromatic rings. The molecule has 0 spiro atoms. The van der Waals surface area contributed by atoms with Gasteiger partial charge in [0.1, 0.15) is 16.9 Å². The average Bonchev–Trinajstić information content (AvgIpc) is 2.99. The second kappa shape index (κ2) is 8.93. The number of hydrogen-bond donors (Lipinski definition) is 0. The highest BCUT2D eigenvalue weighted by atomic mass is 32.2. The van der Waals surface area contributed by atoms with E-state index in [1.165, 1.54) is 29.2 Å². The van der Waals surface area contributed by atoms with E-state index in [2.05, 4.69) is 0 Å². The Kier molecular flexibility index (Phi) is 6.35. The van der Waals surface area contributed by atoms with Crippen molar-refractivity contribution in [3.05, 3.63) is 76.1 Å². The summed E-state index contributed by atoms with van der Waals surface area (Å²) in [5, 5.41) is 9.26. The molecule has 2 aromatic carbocycles. The topological polar surface area (TPSA) is 70.4 Å². The highest BCUT2D eigenvalue weighted by Crippen LogP contribution is 2.42. The van der Waals surface area contributed by atoms with Crippen molar-refractivity contribution in [3.8, 4) is 6.07 Å². The van der Waals surface area contributed by atoms with Gasteiger partial charge in [-0.2, -0.15) is 5.26 Å². The Morgan fingerprint density at radius 3 is 2.62 bits per heavy atom. The number of carbonyl (C=O) groups excluding carboxylic acids is 2. The highest BCUT2D eigenvalue weighted by molar-refractivity contribution is 8.05. The lowest BCUT2D eigenvalue weighted by atomic mass is 10.1. The molecule has 0 saturated carbocycles. The molecule has 1 fully saturated rings. The van der Waals surface area contributed by atoms with Crippen LogP contribution in [-0.4, -0.2) is 23.7 Å². The number of rotatable bonds is 5. The molecule has 0 aromatic heterocycles. The Morgan fingerprint density at radius 2 is 2.00 bits per heavy atom. The molecular weight excluding hydrogens is 391 g/mol. The van der Waals surface area contributed by atoms with Crippen molar-refractivity contribution in [2.75, 3.05) is 11.5 Å². The lowest BCUT2D eigenvalue weighted by molar-refractivity contribution is -0.138. The van der Waals surface area contributed by atoms with Crippen LogP contribution in [0, 0.1) is 24.1 Å². The first-order chi connectivity index (χ1) is 13.9. The van der Waals surface area contributed by atoms with E-state index in [0.717, 1.165) is 22.9 Å². The van der Waals surface area contributed by atoms with Crippen molar-refractivity contribution >= 4 is 29.3 Å². The van der Waals surface area contributed by atoms with Gasteiger partial charge in [-0.05, 0) is 50.1 Å². The smallest absolute Gasteiger partial charge is 0.351 e. The van der Waals surface area contributed by atoms with Gasteiger partial charge in [-0.25, -0.2) is 9.18 Å². The summed E-state index contributed by atoms with van der Waals surface area (Å²) in [5.41, 5.74) is 2.21. The van der Waals surface area contributed by atoms with Crippen LogP contribution in [0.15, 0.2) is 59.1 Å². The Morgan fingerprint density at radius 1 is 1.28 bits per heavy atom. The van der Waals surface area contributed by atoms with Gasteiger partial charge in [0.05, 0.1) is 11.9 Å². The number of ether oxygens (including phenoxy) is 1. The number of nitrogens with zero attached hydrogens (tertiary/aromatic N) is 2. The van der Waals surface area contributed by atoms with Crippen molar-refractivity contribution in [1.29, 1.82) is 5.26 Å². The molecular formula is C22H19FN2O3S. The molecule has 1 aliphatic heterocycles. The van der Waals surface area contributed by atoms with Crippen LogP contribution in [-0.2, 0) is 20.7 Å². The van der Waals surface area contributed by atoms with Crippen LogP contribution >= 0.6 is 11.8 Å². The first-order valence-electron chi connectivity index (χ1n) is 9.07. The molecule has 1 atom stereocenters. The number of aryl methyl sites for hydroxylation is 1. The summed E-state index contributed by atoms with van der Waals surface area (Å²) in [6.07, 6.45) is 0.438. The first kappa shape index (κ1) is 20.6. The fraction of sp³-hybridized carbons (Fsp3) is 0.227. The number of amides is 1. The monoisotopic (exact) mass is 410 g/mol. The number of esters is 1. The van der Waals surface area contributed by atoms with E-state index in [1.54, 1.807) is 6.92 Å². The minimum Gasteiger partial charge on any atom is -0.462 e. The number of anilines is 1. The number of halogens is 1. The summed E-state index contributed by atoms with van der Waals surface area (Å²) in [4.78, 5) is 26.8. The molecule has 7 heteroatoms. The van der Waals surface area contributed by atoms with E-state index in [-0.39, 0.29) is 23.1 Å². The largest absolute Gasteiger partial charge is 0.462 e. The lowest BCUT2D eigenvalue weighted by Crippen LogP contribution is -2.30. The van der Waals surface area contributed by atoms with Gasteiger partial charge < -0.3 is 4.74 Å². The number of benzene rings is 2. The van der Waals surface area contributed by atoms with E-state index < -0.39 is 17.0 Å². The zero-order chi connectivity index (χ0) is 21.0. The van der Waals surface area contributed by atoms with E-state index in [1.807, 2.05) is 37.3 Å². The minimum absolute atomic E-state index is 0.110. The van der Waals surface area contributed by atoms with Crippen molar-refractivity contribution in [3.63, 3.8) is 0 Å². The molecule has 5 nitrogen and oxygen atoms in total. The summed E-state index contributed by atoms with van der Waals surface area (Å²) >= 11 is 1.15. The molecule has 1 heterocycles.